The van der Waals surface area contributed by atoms with Crippen molar-refractivity contribution in [2.45, 2.75) is 46.1 Å². The van der Waals surface area contributed by atoms with E-state index in [0.717, 1.165) is 45.6 Å². The number of hydrogen-bond acceptors (Lipinski definition) is 3. The maximum absolute atomic E-state index is 5.31. The Balaban J connectivity index is 2.23. The van der Waals surface area contributed by atoms with Gasteiger partial charge in [-0.25, -0.2) is 4.98 Å². The maximum atomic E-state index is 5.31. The van der Waals surface area contributed by atoms with E-state index in [2.05, 4.69) is 34.9 Å². The standard InChI is InChI=1S/C14H27N3O/c1-4-7-14-16-9-10-17(14)13(3)12-15-8-6-11-18-5-2/h9-10,13,15H,4-8,11-12H2,1-3H3. The van der Waals surface area contributed by atoms with Gasteiger partial charge in [0.25, 0.3) is 0 Å². The zero-order valence-corrected chi connectivity index (χ0v) is 12.0. The van der Waals surface area contributed by atoms with Crippen LogP contribution in [0.5, 0.6) is 0 Å². The molecular formula is C14H27N3O. The minimum Gasteiger partial charge on any atom is -0.382 e. The molecule has 18 heavy (non-hydrogen) atoms. The van der Waals surface area contributed by atoms with Crippen molar-refractivity contribution < 1.29 is 4.74 Å². The van der Waals surface area contributed by atoms with E-state index in [-0.39, 0.29) is 0 Å². The van der Waals surface area contributed by atoms with Crippen LogP contribution < -0.4 is 5.32 Å². The van der Waals surface area contributed by atoms with Crippen molar-refractivity contribution in [3.63, 3.8) is 0 Å². The molecule has 1 heterocycles. The van der Waals surface area contributed by atoms with E-state index in [1.807, 2.05) is 13.1 Å². The molecule has 1 unspecified atom stereocenters. The molecule has 0 fully saturated rings. The van der Waals surface area contributed by atoms with Crippen LogP contribution in [0.15, 0.2) is 12.4 Å². The summed E-state index contributed by atoms with van der Waals surface area (Å²) in [6.45, 7) is 10.1. The van der Waals surface area contributed by atoms with Crippen molar-refractivity contribution in [3.8, 4) is 0 Å². The lowest BCUT2D eigenvalue weighted by atomic mass is 10.2. The maximum Gasteiger partial charge on any atom is 0.108 e. The van der Waals surface area contributed by atoms with Crippen molar-refractivity contribution in [3.05, 3.63) is 18.2 Å². The Morgan fingerprint density at radius 1 is 1.44 bits per heavy atom. The van der Waals surface area contributed by atoms with Gasteiger partial charge < -0.3 is 14.6 Å². The Labute approximate surface area is 111 Å². The molecule has 0 saturated carbocycles. The predicted molar refractivity (Wildman–Crippen MR) is 74.9 cm³/mol. The molecule has 1 N–H and O–H groups in total. The Hall–Kier alpha value is -0.870. The van der Waals surface area contributed by atoms with Crippen LogP contribution >= 0.6 is 0 Å². The van der Waals surface area contributed by atoms with Gasteiger partial charge in [-0.3, -0.25) is 0 Å². The lowest BCUT2D eigenvalue weighted by Crippen LogP contribution is -2.25. The zero-order chi connectivity index (χ0) is 13.2. The average Bonchev–Trinajstić information content (AvgIpc) is 2.82. The van der Waals surface area contributed by atoms with E-state index in [1.165, 1.54) is 5.82 Å². The summed E-state index contributed by atoms with van der Waals surface area (Å²) < 4.78 is 7.59. The van der Waals surface area contributed by atoms with Gasteiger partial charge in [0, 0.05) is 44.6 Å². The smallest absolute Gasteiger partial charge is 0.108 e. The molecule has 0 aliphatic heterocycles. The predicted octanol–water partition coefficient (Wildman–Crippen LogP) is 2.41. The highest BCUT2D eigenvalue weighted by Crippen LogP contribution is 2.09. The summed E-state index contributed by atoms with van der Waals surface area (Å²) in [6.07, 6.45) is 7.26. The van der Waals surface area contributed by atoms with Crippen LogP contribution in [0.4, 0.5) is 0 Å². The normalized spacial score (nSPS) is 12.8. The summed E-state index contributed by atoms with van der Waals surface area (Å²) in [5, 5.41) is 3.47. The second-order valence-corrected chi connectivity index (χ2v) is 4.60. The summed E-state index contributed by atoms with van der Waals surface area (Å²) in [5.41, 5.74) is 0. The van der Waals surface area contributed by atoms with Gasteiger partial charge in [-0.1, -0.05) is 6.92 Å². The summed E-state index contributed by atoms with van der Waals surface area (Å²) in [6, 6.07) is 0.459. The van der Waals surface area contributed by atoms with E-state index in [1.54, 1.807) is 0 Å². The first-order valence-corrected chi connectivity index (χ1v) is 7.09. The molecule has 0 aromatic carbocycles. The molecule has 0 saturated heterocycles. The van der Waals surface area contributed by atoms with E-state index >= 15 is 0 Å². The number of hydrogen-bond donors (Lipinski definition) is 1. The largest absolute Gasteiger partial charge is 0.382 e. The summed E-state index contributed by atoms with van der Waals surface area (Å²) >= 11 is 0. The minimum absolute atomic E-state index is 0.459. The molecule has 0 spiro atoms. The third kappa shape index (κ3) is 5.19. The fourth-order valence-corrected chi connectivity index (χ4v) is 2.02. The molecule has 1 atom stereocenters. The number of aromatic nitrogens is 2. The summed E-state index contributed by atoms with van der Waals surface area (Å²) in [7, 11) is 0. The van der Waals surface area contributed by atoms with Gasteiger partial charge in [-0.2, -0.15) is 0 Å². The first-order chi connectivity index (χ1) is 8.79. The molecule has 0 aliphatic carbocycles. The van der Waals surface area contributed by atoms with Crippen molar-refractivity contribution in [1.29, 1.82) is 0 Å². The Kier molecular flexibility index (Phi) is 7.69. The van der Waals surface area contributed by atoms with Crippen LogP contribution in [0, 0.1) is 0 Å². The molecule has 104 valence electrons. The minimum atomic E-state index is 0.459. The second kappa shape index (κ2) is 9.11. The molecule has 1 rings (SSSR count). The topological polar surface area (TPSA) is 39.1 Å². The Morgan fingerprint density at radius 3 is 3.00 bits per heavy atom. The number of aryl methyl sites for hydroxylation is 1. The van der Waals surface area contributed by atoms with Gasteiger partial charge in [0.2, 0.25) is 0 Å². The highest BCUT2D eigenvalue weighted by atomic mass is 16.5. The van der Waals surface area contributed by atoms with Crippen LogP contribution in [0.25, 0.3) is 0 Å². The number of nitrogens with one attached hydrogen (secondary N) is 1. The molecule has 1 aromatic heterocycles. The third-order valence-corrected chi connectivity index (χ3v) is 2.98. The van der Waals surface area contributed by atoms with Gasteiger partial charge in [0.1, 0.15) is 5.82 Å². The third-order valence-electron chi connectivity index (χ3n) is 2.98. The van der Waals surface area contributed by atoms with Gasteiger partial charge in [0.05, 0.1) is 0 Å². The summed E-state index contributed by atoms with van der Waals surface area (Å²) in [4.78, 5) is 4.41. The van der Waals surface area contributed by atoms with Gasteiger partial charge in [0.15, 0.2) is 0 Å². The van der Waals surface area contributed by atoms with E-state index in [4.69, 9.17) is 4.74 Å². The first kappa shape index (κ1) is 15.2. The van der Waals surface area contributed by atoms with Gasteiger partial charge in [-0.05, 0) is 33.2 Å². The van der Waals surface area contributed by atoms with E-state index in [0.29, 0.717) is 6.04 Å². The zero-order valence-electron chi connectivity index (χ0n) is 12.0. The SMILES string of the molecule is CCCc1nccn1C(C)CNCCCOCC. The quantitative estimate of drug-likeness (QED) is 0.651. The highest BCUT2D eigenvalue weighted by molar-refractivity contribution is 4.95. The van der Waals surface area contributed by atoms with Crippen molar-refractivity contribution in [2.75, 3.05) is 26.3 Å². The van der Waals surface area contributed by atoms with Crippen molar-refractivity contribution >= 4 is 0 Å². The highest BCUT2D eigenvalue weighted by Gasteiger charge is 2.08. The molecular weight excluding hydrogens is 226 g/mol. The Morgan fingerprint density at radius 2 is 2.28 bits per heavy atom. The lowest BCUT2D eigenvalue weighted by Gasteiger charge is -2.17. The molecule has 4 heteroatoms. The molecule has 0 radical (unpaired) electrons. The van der Waals surface area contributed by atoms with Crippen LogP contribution in [-0.2, 0) is 11.2 Å². The Bertz CT molecular complexity index is 312. The second-order valence-electron chi connectivity index (χ2n) is 4.60. The molecule has 1 aromatic rings. The number of nitrogens with zero attached hydrogens (tertiary/aromatic N) is 2. The van der Waals surface area contributed by atoms with E-state index < -0.39 is 0 Å². The molecule has 0 bridgehead atoms. The number of imidazole rings is 1. The van der Waals surface area contributed by atoms with Crippen LogP contribution in [0.2, 0.25) is 0 Å². The van der Waals surface area contributed by atoms with Crippen molar-refractivity contribution in [2.24, 2.45) is 0 Å². The first-order valence-electron chi connectivity index (χ1n) is 7.09. The van der Waals surface area contributed by atoms with Crippen LogP contribution in [-0.4, -0.2) is 35.9 Å². The molecule has 0 aliphatic rings. The van der Waals surface area contributed by atoms with Gasteiger partial charge in [-0.15, -0.1) is 0 Å². The number of rotatable bonds is 10. The lowest BCUT2D eigenvalue weighted by molar-refractivity contribution is 0.144. The summed E-state index contributed by atoms with van der Waals surface area (Å²) in [5.74, 6) is 1.20. The fraction of sp³-hybridized carbons (Fsp3) is 0.786. The average molecular weight is 253 g/mol. The van der Waals surface area contributed by atoms with Crippen LogP contribution in [0.1, 0.15) is 45.5 Å². The van der Waals surface area contributed by atoms with E-state index in [9.17, 15) is 0 Å². The van der Waals surface area contributed by atoms with Crippen molar-refractivity contribution in [1.82, 2.24) is 14.9 Å². The number of ether oxygens (including phenoxy) is 1. The monoisotopic (exact) mass is 253 g/mol. The fourth-order valence-electron chi connectivity index (χ4n) is 2.02. The molecule has 0 amide bonds. The van der Waals surface area contributed by atoms with Crippen LogP contribution in [0.3, 0.4) is 0 Å². The van der Waals surface area contributed by atoms with Gasteiger partial charge >= 0.3 is 0 Å². The molecule has 4 nitrogen and oxygen atoms in total.